The highest BCUT2D eigenvalue weighted by Gasteiger charge is 2.27. The number of nitrogens with one attached hydrogen (secondary N) is 1. The minimum absolute atomic E-state index is 0.0377. The van der Waals surface area contributed by atoms with Crippen LogP contribution in [-0.4, -0.2) is 16.0 Å². The van der Waals surface area contributed by atoms with Crippen LogP contribution in [0.2, 0.25) is 0 Å². The van der Waals surface area contributed by atoms with Gasteiger partial charge >= 0.3 is 5.97 Å². The lowest BCUT2D eigenvalue weighted by atomic mass is 9.90. The lowest BCUT2D eigenvalue weighted by Gasteiger charge is -2.22. The largest absolute Gasteiger partial charge is 0.481 e. The molecule has 3 aromatic rings. The molecule has 0 saturated heterocycles. The molecule has 0 amide bonds. The maximum Gasteiger partial charge on any atom is 0.311 e. The Morgan fingerprint density at radius 1 is 1.04 bits per heavy atom. The molecule has 5 nitrogen and oxygen atoms in total. The Hall–Kier alpha value is -2.62. The molecule has 3 aromatic carbocycles. The van der Waals surface area contributed by atoms with Crippen LogP contribution in [0.3, 0.4) is 0 Å². The molecule has 3 rings (SSSR count). The average Bonchev–Trinajstić information content (AvgIpc) is 2.63. The maximum absolute atomic E-state index is 12.8. The Labute approximate surface area is 158 Å². The van der Waals surface area contributed by atoms with Gasteiger partial charge in [-0.25, -0.2) is 0 Å². The first-order valence-corrected chi connectivity index (χ1v) is 10.6. The van der Waals surface area contributed by atoms with Crippen molar-refractivity contribution in [1.82, 2.24) is 0 Å². The Morgan fingerprint density at radius 2 is 1.70 bits per heavy atom. The van der Waals surface area contributed by atoms with Crippen LogP contribution in [0.4, 0.5) is 5.69 Å². The second kappa shape index (κ2) is 7.95. The normalized spacial score (nSPS) is 14.4. The van der Waals surface area contributed by atoms with E-state index in [1.165, 1.54) is 0 Å². The smallest absolute Gasteiger partial charge is 0.311 e. The molecular weight excluding hydrogens is 361 g/mol. The zero-order chi connectivity index (χ0) is 19.4. The molecule has 2 atom stereocenters. The molecule has 140 valence electrons. The summed E-state index contributed by atoms with van der Waals surface area (Å²) in [5, 5.41) is 14.1. The van der Waals surface area contributed by atoms with Crippen LogP contribution in [0.1, 0.15) is 30.4 Å². The van der Waals surface area contributed by atoms with Crippen LogP contribution in [-0.2, 0) is 15.5 Å². The van der Waals surface area contributed by atoms with Gasteiger partial charge in [0.25, 0.3) is 7.52 Å². The Bertz CT molecular complexity index is 1000. The van der Waals surface area contributed by atoms with E-state index in [1.54, 1.807) is 25.1 Å². The predicted octanol–water partition coefficient (Wildman–Crippen LogP) is 5.22. The van der Waals surface area contributed by atoms with Gasteiger partial charge in [0.2, 0.25) is 0 Å². The molecule has 2 unspecified atom stereocenters. The molecule has 0 heterocycles. The van der Waals surface area contributed by atoms with E-state index in [9.17, 15) is 19.4 Å². The molecule has 0 radical (unpaired) electrons. The van der Waals surface area contributed by atoms with Gasteiger partial charge in [0.05, 0.1) is 12.1 Å². The van der Waals surface area contributed by atoms with Crippen molar-refractivity contribution in [2.75, 3.05) is 5.09 Å². The fourth-order valence-corrected chi connectivity index (χ4v) is 4.69. The number of carbonyl (C=O) groups is 1. The van der Waals surface area contributed by atoms with E-state index in [0.29, 0.717) is 17.7 Å². The van der Waals surface area contributed by atoms with Gasteiger partial charge in [-0.3, -0.25) is 9.36 Å². The van der Waals surface area contributed by atoms with Gasteiger partial charge < -0.3 is 15.1 Å². The topological polar surface area (TPSA) is 86.6 Å². The number of anilines is 1. The highest BCUT2D eigenvalue weighted by molar-refractivity contribution is 7.58. The predicted molar refractivity (Wildman–Crippen MR) is 108 cm³/mol. The lowest BCUT2D eigenvalue weighted by molar-refractivity contribution is -0.138. The third-order valence-electron chi connectivity index (χ3n) is 4.56. The number of aliphatic carboxylic acids is 1. The number of carboxylic acids is 1. The van der Waals surface area contributed by atoms with Crippen molar-refractivity contribution in [3.63, 3.8) is 0 Å². The zero-order valence-electron chi connectivity index (χ0n) is 15.0. The molecule has 3 N–H and O–H groups in total. The van der Waals surface area contributed by atoms with Gasteiger partial charge in [-0.1, -0.05) is 67.6 Å². The number of rotatable bonds is 7. The second-order valence-electron chi connectivity index (χ2n) is 6.50. The molecule has 0 aliphatic carbocycles. The van der Waals surface area contributed by atoms with Crippen molar-refractivity contribution in [2.45, 2.75) is 25.4 Å². The van der Waals surface area contributed by atoms with Crippen LogP contribution in [0, 0.1) is 0 Å². The summed E-state index contributed by atoms with van der Waals surface area (Å²) in [7, 11) is -3.76. The molecule has 0 saturated carbocycles. The second-order valence-corrected chi connectivity index (χ2v) is 8.45. The van der Waals surface area contributed by atoms with E-state index in [1.807, 2.05) is 48.5 Å². The van der Waals surface area contributed by atoms with Crippen LogP contribution in [0.5, 0.6) is 0 Å². The van der Waals surface area contributed by atoms with Crippen LogP contribution >= 0.6 is 7.52 Å². The lowest BCUT2D eigenvalue weighted by Crippen LogP contribution is -2.14. The summed E-state index contributed by atoms with van der Waals surface area (Å²) < 4.78 is 12.8. The van der Waals surface area contributed by atoms with E-state index in [2.05, 4.69) is 5.09 Å². The first-order valence-electron chi connectivity index (χ1n) is 8.80. The SMILES string of the molecule is CCC(C(=O)O)c1c(NP(=O)(O)Cc2ccccc2)ccc2ccccc12. The van der Waals surface area contributed by atoms with Crippen molar-refractivity contribution in [1.29, 1.82) is 0 Å². The van der Waals surface area contributed by atoms with Crippen molar-refractivity contribution in [3.05, 3.63) is 77.9 Å². The van der Waals surface area contributed by atoms with E-state index in [-0.39, 0.29) is 6.16 Å². The molecule has 0 aliphatic rings. The quantitative estimate of drug-likeness (QED) is 0.487. The van der Waals surface area contributed by atoms with E-state index < -0.39 is 19.4 Å². The number of hydrogen-bond donors (Lipinski definition) is 3. The highest BCUT2D eigenvalue weighted by Crippen LogP contribution is 2.47. The summed E-state index contributed by atoms with van der Waals surface area (Å²) in [6.45, 7) is 1.80. The summed E-state index contributed by atoms with van der Waals surface area (Å²) in [4.78, 5) is 22.3. The number of benzene rings is 3. The minimum atomic E-state index is -3.76. The van der Waals surface area contributed by atoms with Crippen LogP contribution in [0.15, 0.2) is 66.7 Å². The minimum Gasteiger partial charge on any atom is -0.481 e. The van der Waals surface area contributed by atoms with Gasteiger partial charge in [-0.05, 0) is 34.4 Å². The highest BCUT2D eigenvalue weighted by atomic mass is 31.2. The average molecular weight is 383 g/mol. The molecular formula is C21H22NO4P. The molecule has 0 fully saturated rings. The summed E-state index contributed by atoms with van der Waals surface area (Å²) in [6, 6.07) is 20.0. The molecule has 0 bridgehead atoms. The van der Waals surface area contributed by atoms with Gasteiger partial charge in [0.1, 0.15) is 0 Å². The molecule has 6 heteroatoms. The number of carboxylic acid groups (broad SMARTS) is 1. The molecule has 0 aliphatic heterocycles. The van der Waals surface area contributed by atoms with Gasteiger partial charge in [0.15, 0.2) is 0 Å². The van der Waals surface area contributed by atoms with Crippen LogP contribution in [0.25, 0.3) is 10.8 Å². The molecule has 27 heavy (non-hydrogen) atoms. The summed E-state index contributed by atoms with van der Waals surface area (Å²) in [6.07, 6.45) is 0.344. The van der Waals surface area contributed by atoms with Crippen molar-refractivity contribution < 1.29 is 19.4 Å². The fraction of sp³-hybridized carbons (Fsp3) is 0.190. The molecule has 0 aromatic heterocycles. The number of hydrogen-bond acceptors (Lipinski definition) is 2. The van der Waals surface area contributed by atoms with E-state index in [0.717, 1.165) is 16.3 Å². The first kappa shape index (κ1) is 19.2. The van der Waals surface area contributed by atoms with Gasteiger partial charge in [0, 0.05) is 5.69 Å². The third-order valence-corrected chi connectivity index (χ3v) is 5.94. The zero-order valence-corrected chi connectivity index (χ0v) is 15.9. The third kappa shape index (κ3) is 4.38. The summed E-state index contributed by atoms with van der Waals surface area (Å²) in [5.74, 6) is -1.72. The Morgan fingerprint density at radius 3 is 2.37 bits per heavy atom. The molecule has 0 spiro atoms. The first-order chi connectivity index (χ1) is 12.9. The van der Waals surface area contributed by atoms with E-state index in [4.69, 9.17) is 0 Å². The summed E-state index contributed by atoms with van der Waals surface area (Å²) >= 11 is 0. The van der Waals surface area contributed by atoms with Crippen molar-refractivity contribution >= 4 is 29.9 Å². The fourth-order valence-electron chi connectivity index (χ4n) is 3.33. The summed E-state index contributed by atoms with van der Waals surface area (Å²) in [5.41, 5.74) is 1.68. The van der Waals surface area contributed by atoms with Gasteiger partial charge in [-0.2, -0.15) is 0 Å². The van der Waals surface area contributed by atoms with Crippen LogP contribution < -0.4 is 5.09 Å². The van der Waals surface area contributed by atoms with E-state index >= 15 is 0 Å². The standard InChI is InChI=1S/C21H22NO4P/c1-2-17(21(23)24)20-18-11-7-6-10-16(18)12-13-19(20)22-27(25,26)14-15-8-4-3-5-9-15/h3-13,17H,2,14H2,1H3,(H,23,24)(H2,22,25,26). The van der Waals surface area contributed by atoms with Crippen molar-refractivity contribution in [2.24, 2.45) is 0 Å². The monoisotopic (exact) mass is 383 g/mol. The van der Waals surface area contributed by atoms with Gasteiger partial charge in [-0.15, -0.1) is 0 Å². The Balaban J connectivity index is 2.05. The number of fused-ring (bicyclic) bond motifs is 1. The maximum atomic E-state index is 12.8. The van der Waals surface area contributed by atoms with Crippen molar-refractivity contribution in [3.8, 4) is 0 Å². The Kier molecular flexibility index (Phi) is 5.64.